The summed E-state index contributed by atoms with van der Waals surface area (Å²) in [6.45, 7) is 12.5. The van der Waals surface area contributed by atoms with Crippen LogP contribution in [0.1, 0.15) is 60.3 Å². The molecule has 1 aliphatic rings. The smallest absolute Gasteiger partial charge is 0.216 e. The van der Waals surface area contributed by atoms with Gasteiger partial charge in [-0.1, -0.05) is 0 Å². The number of hydrogen-bond acceptors (Lipinski definition) is 3. The van der Waals surface area contributed by atoms with E-state index in [-0.39, 0.29) is 17.0 Å². The third-order valence-corrected chi connectivity index (χ3v) is 3.60. The number of hydrogen-bond donors (Lipinski definition) is 3. The monoisotopic (exact) mass is 269 g/mol. The van der Waals surface area contributed by atoms with Gasteiger partial charge in [0.1, 0.15) is 0 Å². The minimum Gasteiger partial charge on any atom is -0.356 e. The Balaban J connectivity index is 2.20. The summed E-state index contributed by atoms with van der Waals surface area (Å²) >= 11 is 0. The molecule has 4 nitrogen and oxygen atoms in total. The van der Waals surface area contributed by atoms with Gasteiger partial charge in [-0.2, -0.15) is 0 Å². The minimum atomic E-state index is 0.0646. The predicted molar refractivity (Wildman–Crippen MR) is 80.2 cm³/mol. The van der Waals surface area contributed by atoms with Crippen molar-refractivity contribution >= 4 is 5.91 Å². The van der Waals surface area contributed by atoms with Crippen LogP contribution < -0.4 is 16.0 Å². The molecule has 0 spiro atoms. The Morgan fingerprint density at radius 1 is 1.11 bits per heavy atom. The molecule has 0 radical (unpaired) electrons. The van der Waals surface area contributed by atoms with E-state index in [4.69, 9.17) is 0 Å². The molecule has 0 aromatic rings. The Kier molecular flexibility index (Phi) is 5.81. The summed E-state index contributed by atoms with van der Waals surface area (Å²) < 4.78 is 0. The van der Waals surface area contributed by atoms with E-state index in [1.807, 2.05) is 0 Å². The normalized spacial score (nSPS) is 22.2. The first-order valence-electron chi connectivity index (χ1n) is 7.47. The Hall–Kier alpha value is -0.610. The number of unbranched alkanes of at least 4 members (excludes halogenated alkanes) is 1. The molecule has 112 valence electrons. The Bertz CT molecular complexity index is 284. The maximum atomic E-state index is 10.7. The van der Waals surface area contributed by atoms with Crippen LogP contribution in [0, 0.1) is 0 Å². The summed E-state index contributed by atoms with van der Waals surface area (Å²) in [4.78, 5) is 10.7. The van der Waals surface area contributed by atoms with E-state index in [2.05, 4.69) is 43.6 Å². The molecule has 1 aliphatic heterocycles. The number of piperidine rings is 1. The fourth-order valence-corrected chi connectivity index (χ4v) is 3.29. The molecule has 3 N–H and O–H groups in total. The molecule has 0 unspecified atom stereocenters. The average Bonchev–Trinajstić information content (AvgIpc) is 2.18. The number of nitrogens with one attached hydrogen (secondary N) is 3. The average molecular weight is 269 g/mol. The molecule has 1 saturated heterocycles. The quantitative estimate of drug-likeness (QED) is 0.645. The van der Waals surface area contributed by atoms with Crippen molar-refractivity contribution in [3.8, 4) is 0 Å². The van der Waals surface area contributed by atoms with Crippen molar-refractivity contribution in [3.05, 3.63) is 0 Å². The van der Waals surface area contributed by atoms with Gasteiger partial charge in [0.25, 0.3) is 0 Å². The van der Waals surface area contributed by atoms with E-state index in [1.165, 1.54) is 12.8 Å². The molecule has 1 rings (SSSR count). The highest BCUT2D eigenvalue weighted by Crippen LogP contribution is 2.28. The second kappa shape index (κ2) is 6.71. The molecule has 19 heavy (non-hydrogen) atoms. The van der Waals surface area contributed by atoms with Crippen molar-refractivity contribution in [2.75, 3.05) is 13.1 Å². The fourth-order valence-electron chi connectivity index (χ4n) is 3.29. The van der Waals surface area contributed by atoms with Crippen molar-refractivity contribution < 1.29 is 4.79 Å². The highest BCUT2D eigenvalue weighted by atomic mass is 16.1. The Labute approximate surface area is 118 Å². The maximum absolute atomic E-state index is 10.7. The van der Waals surface area contributed by atoms with E-state index in [0.29, 0.717) is 6.04 Å². The van der Waals surface area contributed by atoms with Crippen molar-refractivity contribution in [2.24, 2.45) is 0 Å². The van der Waals surface area contributed by atoms with Crippen LogP contribution in [0.2, 0.25) is 0 Å². The van der Waals surface area contributed by atoms with Gasteiger partial charge in [-0.25, -0.2) is 0 Å². The predicted octanol–water partition coefficient (Wildman–Crippen LogP) is 1.80. The molecule has 0 aromatic carbocycles. The molecule has 0 saturated carbocycles. The zero-order valence-corrected chi connectivity index (χ0v) is 13.2. The van der Waals surface area contributed by atoms with E-state index in [9.17, 15) is 4.79 Å². The van der Waals surface area contributed by atoms with Gasteiger partial charge in [0.15, 0.2) is 0 Å². The van der Waals surface area contributed by atoms with Gasteiger partial charge in [-0.15, -0.1) is 0 Å². The molecule has 0 bridgehead atoms. The summed E-state index contributed by atoms with van der Waals surface area (Å²) in [5.41, 5.74) is 0.408. The van der Waals surface area contributed by atoms with Crippen molar-refractivity contribution in [2.45, 2.75) is 77.4 Å². The van der Waals surface area contributed by atoms with Crippen LogP contribution in [0.5, 0.6) is 0 Å². The first kappa shape index (κ1) is 16.4. The summed E-state index contributed by atoms with van der Waals surface area (Å²) in [6.07, 6.45) is 4.50. The standard InChI is InChI=1S/C15H31N3O/c1-12(19)16-8-6-7-9-17-13-10-14(2,3)18-15(4,5)11-13/h13,17-18H,6-11H2,1-5H3,(H,16,19). The summed E-state index contributed by atoms with van der Waals surface area (Å²) in [5, 5.41) is 10.2. The lowest BCUT2D eigenvalue weighted by atomic mass is 9.79. The van der Waals surface area contributed by atoms with Crippen molar-refractivity contribution in [1.29, 1.82) is 0 Å². The second-order valence-corrected chi connectivity index (χ2v) is 7.14. The fraction of sp³-hybridized carbons (Fsp3) is 0.933. The molecular weight excluding hydrogens is 238 g/mol. The van der Waals surface area contributed by atoms with Gasteiger partial charge in [0, 0.05) is 30.6 Å². The number of carbonyl (C=O) groups excluding carboxylic acids is 1. The molecular formula is C15H31N3O. The SMILES string of the molecule is CC(=O)NCCCCNC1CC(C)(C)NC(C)(C)C1. The third kappa shape index (κ3) is 6.92. The Morgan fingerprint density at radius 2 is 1.63 bits per heavy atom. The number of carbonyl (C=O) groups is 1. The van der Waals surface area contributed by atoms with Crippen LogP contribution in [-0.2, 0) is 4.79 Å². The maximum Gasteiger partial charge on any atom is 0.216 e. The van der Waals surface area contributed by atoms with Gasteiger partial charge < -0.3 is 16.0 Å². The summed E-state index contributed by atoms with van der Waals surface area (Å²) in [6, 6.07) is 0.590. The zero-order chi connectivity index (χ0) is 14.5. The van der Waals surface area contributed by atoms with Crippen LogP contribution >= 0.6 is 0 Å². The van der Waals surface area contributed by atoms with Crippen LogP contribution in [0.4, 0.5) is 0 Å². The lowest BCUT2D eigenvalue weighted by molar-refractivity contribution is -0.118. The largest absolute Gasteiger partial charge is 0.356 e. The molecule has 4 heteroatoms. The van der Waals surface area contributed by atoms with Gasteiger partial charge >= 0.3 is 0 Å². The molecule has 1 heterocycles. The van der Waals surface area contributed by atoms with E-state index in [1.54, 1.807) is 6.92 Å². The topological polar surface area (TPSA) is 53.2 Å². The second-order valence-electron chi connectivity index (χ2n) is 7.14. The van der Waals surface area contributed by atoms with Gasteiger partial charge in [-0.3, -0.25) is 4.79 Å². The van der Waals surface area contributed by atoms with Gasteiger partial charge in [0.2, 0.25) is 5.91 Å². The molecule has 1 fully saturated rings. The first-order chi connectivity index (χ1) is 8.70. The lowest BCUT2D eigenvalue weighted by Gasteiger charge is -2.46. The number of amides is 1. The van der Waals surface area contributed by atoms with Crippen LogP contribution in [0.3, 0.4) is 0 Å². The molecule has 0 aromatic heterocycles. The van der Waals surface area contributed by atoms with Crippen LogP contribution in [0.25, 0.3) is 0 Å². The highest BCUT2D eigenvalue weighted by molar-refractivity contribution is 5.72. The summed E-state index contributed by atoms with van der Waals surface area (Å²) in [5.74, 6) is 0.0646. The van der Waals surface area contributed by atoms with Crippen molar-refractivity contribution in [1.82, 2.24) is 16.0 Å². The first-order valence-corrected chi connectivity index (χ1v) is 7.47. The number of rotatable bonds is 6. The highest BCUT2D eigenvalue weighted by Gasteiger charge is 2.37. The van der Waals surface area contributed by atoms with Crippen LogP contribution in [-0.4, -0.2) is 36.1 Å². The van der Waals surface area contributed by atoms with Crippen LogP contribution in [0.15, 0.2) is 0 Å². The zero-order valence-electron chi connectivity index (χ0n) is 13.2. The molecule has 1 amide bonds. The Morgan fingerprint density at radius 3 is 2.16 bits per heavy atom. The third-order valence-electron chi connectivity index (χ3n) is 3.60. The van der Waals surface area contributed by atoms with E-state index < -0.39 is 0 Å². The molecule has 0 aliphatic carbocycles. The van der Waals surface area contributed by atoms with Gasteiger partial charge in [-0.05, 0) is 59.9 Å². The van der Waals surface area contributed by atoms with E-state index >= 15 is 0 Å². The van der Waals surface area contributed by atoms with Gasteiger partial charge in [0.05, 0.1) is 0 Å². The lowest BCUT2D eigenvalue weighted by Crippen LogP contribution is -2.61. The van der Waals surface area contributed by atoms with E-state index in [0.717, 1.165) is 25.9 Å². The van der Waals surface area contributed by atoms with Crippen molar-refractivity contribution in [3.63, 3.8) is 0 Å². The molecule has 0 atom stereocenters. The summed E-state index contributed by atoms with van der Waals surface area (Å²) in [7, 11) is 0. The minimum absolute atomic E-state index is 0.0646.